The Morgan fingerprint density at radius 2 is 1.89 bits per heavy atom. The Morgan fingerprint density at radius 1 is 1.21 bits per heavy atom. The van der Waals surface area contributed by atoms with Crippen LogP contribution < -0.4 is 4.72 Å². The molecule has 0 radical (unpaired) electrons. The topological polar surface area (TPSA) is 69.6 Å². The quantitative estimate of drug-likeness (QED) is 0.758. The molecule has 0 saturated heterocycles. The van der Waals surface area contributed by atoms with Gasteiger partial charge in [-0.2, -0.15) is 0 Å². The Kier molecular flexibility index (Phi) is 6.27. The molecule has 0 saturated carbocycles. The molecule has 0 unspecified atom stereocenters. The van der Waals surface area contributed by atoms with Gasteiger partial charge in [-0.1, -0.05) is 26.0 Å². The minimum Gasteiger partial charge on any atom is -0.507 e. The number of hydrogen-bond donors (Lipinski definition) is 2. The summed E-state index contributed by atoms with van der Waals surface area (Å²) in [5.41, 5.74) is 0. The predicted octanol–water partition coefficient (Wildman–Crippen LogP) is 1.40. The van der Waals surface area contributed by atoms with Gasteiger partial charge in [0.15, 0.2) is 0 Å². The van der Waals surface area contributed by atoms with Gasteiger partial charge in [0.2, 0.25) is 10.0 Å². The smallest absolute Gasteiger partial charge is 0.244 e. The van der Waals surface area contributed by atoms with Crippen LogP contribution in [0, 0.1) is 0 Å². The molecule has 6 heteroatoms. The van der Waals surface area contributed by atoms with Crippen LogP contribution in [-0.4, -0.2) is 44.6 Å². The van der Waals surface area contributed by atoms with Crippen LogP contribution in [0.4, 0.5) is 0 Å². The fourth-order valence-electron chi connectivity index (χ4n) is 1.84. The van der Waals surface area contributed by atoms with E-state index in [1.54, 1.807) is 12.1 Å². The first-order valence-electron chi connectivity index (χ1n) is 6.51. The fraction of sp³-hybridized carbons (Fsp3) is 0.538. The van der Waals surface area contributed by atoms with Crippen molar-refractivity contribution in [2.45, 2.75) is 25.2 Å². The van der Waals surface area contributed by atoms with E-state index in [0.29, 0.717) is 13.1 Å². The number of likely N-dealkylation sites (N-methyl/N-ethyl adjacent to an activating group) is 1. The highest BCUT2D eigenvalue weighted by Crippen LogP contribution is 2.20. The lowest BCUT2D eigenvalue weighted by atomic mass is 10.3. The number of para-hydroxylation sites is 1. The highest BCUT2D eigenvalue weighted by atomic mass is 32.2. The maximum Gasteiger partial charge on any atom is 0.244 e. The Morgan fingerprint density at radius 3 is 2.47 bits per heavy atom. The van der Waals surface area contributed by atoms with Gasteiger partial charge in [0.25, 0.3) is 0 Å². The molecule has 1 rings (SSSR count). The van der Waals surface area contributed by atoms with Crippen LogP contribution in [0.2, 0.25) is 0 Å². The normalized spacial score (nSPS) is 11.9. The Balaban J connectivity index is 2.59. The van der Waals surface area contributed by atoms with E-state index in [1.165, 1.54) is 12.1 Å². The van der Waals surface area contributed by atoms with Gasteiger partial charge in [0, 0.05) is 13.1 Å². The Bertz CT molecular complexity index is 488. The van der Waals surface area contributed by atoms with Gasteiger partial charge < -0.3 is 10.0 Å². The molecule has 0 aliphatic carbocycles. The summed E-state index contributed by atoms with van der Waals surface area (Å²) in [6, 6.07) is 5.93. The fourth-order valence-corrected chi connectivity index (χ4v) is 2.96. The summed E-state index contributed by atoms with van der Waals surface area (Å²) < 4.78 is 26.5. The molecule has 2 N–H and O–H groups in total. The number of phenols is 1. The van der Waals surface area contributed by atoms with E-state index in [9.17, 15) is 13.5 Å². The molecule has 0 amide bonds. The zero-order chi connectivity index (χ0) is 14.3. The van der Waals surface area contributed by atoms with Crippen molar-refractivity contribution in [1.29, 1.82) is 0 Å². The highest BCUT2D eigenvalue weighted by molar-refractivity contribution is 7.89. The molecule has 1 aromatic carbocycles. The molecule has 0 atom stereocenters. The number of nitrogens with zero attached hydrogens (tertiary/aromatic N) is 1. The molecular weight excluding hydrogens is 264 g/mol. The zero-order valence-electron chi connectivity index (χ0n) is 11.5. The molecule has 0 heterocycles. The van der Waals surface area contributed by atoms with E-state index >= 15 is 0 Å². The summed E-state index contributed by atoms with van der Waals surface area (Å²) in [6.45, 7) is 6.99. The molecule has 1 aromatic rings. The summed E-state index contributed by atoms with van der Waals surface area (Å²) in [5, 5.41) is 9.56. The lowest BCUT2D eigenvalue weighted by Gasteiger charge is -2.19. The molecule has 5 nitrogen and oxygen atoms in total. The van der Waals surface area contributed by atoms with Crippen molar-refractivity contribution in [2.24, 2.45) is 0 Å². The standard InChI is InChI=1S/C13H22N2O3S/c1-3-10-15(4-2)11-9-14-19(17,18)13-8-6-5-7-12(13)16/h5-8,14,16H,3-4,9-11H2,1-2H3. The van der Waals surface area contributed by atoms with Gasteiger partial charge in [-0.3, -0.25) is 0 Å². The second-order valence-electron chi connectivity index (χ2n) is 4.30. The van der Waals surface area contributed by atoms with Gasteiger partial charge in [-0.05, 0) is 31.6 Å². The Hall–Kier alpha value is -1.11. The number of aromatic hydroxyl groups is 1. The minimum absolute atomic E-state index is 0.0754. The van der Waals surface area contributed by atoms with Crippen LogP contribution in [-0.2, 0) is 10.0 Å². The van der Waals surface area contributed by atoms with Gasteiger partial charge in [-0.25, -0.2) is 13.1 Å². The van der Waals surface area contributed by atoms with Gasteiger partial charge >= 0.3 is 0 Å². The van der Waals surface area contributed by atoms with Crippen molar-refractivity contribution in [3.05, 3.63) is 24.3 Å². The first-order valence-corrected chi connectivity index (χ1v) is 7.99. The van der Waals surface area contributed by atoms with Gasteiger partial charge in [0.1, 0.15) is 10.6 Å². The number of sulfonamides is 1. The SMILES string of the molecule is CCCN(CC)CCNS(=O)(=O)c1ccccc1O. The third kappa shape index (κ3) is 4.81. The minimum atomic E-state index is -3.64. The third-order valence-electron chi connectivity index (χ3n) is 2.86. The van der Waals surface area contributed by atoms with E-state index in [4.69, 9.17) is 0 Å². The molecule has 0 aliphatic heterocycles. The molecule has 0 bridgehead atoms. The summed E-state index contributed by atoms with van der Waals surface area (Å²) in [6.07, 6.45) is 1.04. The van der Waals surface area contributed by atoms with Crippen molar-refractivity contribution in [3.8, 4) is 5.75 Å². The zero-order valence-corrected chi connectivity index (χ0v) is 12.3. The van der Waals surface area contributed by atoms with Crippen LogP contribution in [0.15, 0.2) is 29.2 Å². The second kappa shape index (κ2) is 7.47. The summed E-state index contributed by atoms with van der Waals surface area (Å²) >= 11 is 0. The third-order valence-corrected chi connectivity index (χ3v) is 4.37. The lowest BCUT2D eigenvalue weighted by molar-refractivity contribution is 0.293. The molecule has 0 fully saturated rings. The summed E-state index contributed by atoms with van der Waals surface area (Å²) in [7, 11) is -3.64. The second-order valence-corrected chi connectivity index (χ2v) is 6.04. The van der Waals surface area contributed by atoms with E-state index in [2.05, 4.69) is 16.5 Å². The average Bonchev–Trinajstić information content (AvgIpc) is 2.38. The predicted molar refractivity (Wildman–Crippen MR) is 75.7 cm³/mol. The number of nitrogens with one attached hydrogen (secondary N) is 1. The number of hydrogen-bond acceptors (Lipinski definition) is 4. The van der Waals surface area contributed by atoms with E-state index in [-0.39, 0.29) is 10.6 Å². The monoisotopic (exact) mass is 286 g/mol. The van der Waals surface area contributed by atoms with Crippen LogP contribution >= 0.6 is 0 Å². The molecule has 0 spiro atoms. The van der Waals surface area contributed by atoms with Crippen molar-refractivity contribution < 1.29 is 13.5 Å². The van der Waals surface area contributed by atoms with Crippen LogP contribution in [0.5, 0.6) is 5.75 Å². The van der Waals surface area contributed by atoms with Crippen LogP contribution in [0.1, 0.15) is 20.3 Å². The van der Waals surface area contributed by atoms with Crippen molar-refractivity contribution >= 4 is 10.0 Å². The number of rotatable bonds is 8. The van der Waals surface area contributed by atoms with E-state index < -0.39 is 10.0 Å². The maximum atomic E-state index is 12.0. The van der Waals surface area contributed by atoms with Crippen LogP contribution in [0.3, 0.4) is 0 Å². The van der Waals surface area contributed by atoms with Crippen molar-refractivity contribution in [1.82, 2.24) is 9.62 Å². The maximum absolute atomic E-state index is 12.0. The number of phenolic OH excluding ortho intramolecular Hbond substituents is 1. The highest BCUT2D eigenvalue weighted by Gasteiger charge is 2.17. The van der Waals surface area contributed by atoms with Crippen molar-refractivity contribution in [3.63, 3.8) is 0 Å². The average molecular weight is 286 g/mol. The molecule has 0 aliphatic rings. The summed E-state index contributed by atoms with van der Waals surface area (Å²) in [5.74, 6) is -0.226. The first-order chi connectivity index (χ1) is 9.01. The van der Waals surface area contributed by atoms with Gasteiger partial charge in [0.05, 0.1) is 0 Å². The Labute approximate surface area is 115 Å². The number of benzene rings is 1. The molecule has 0 aromatic heterocycles. The molecular formula is C13H22N2O3S. The van der Waals surface area contributed by atoms with E-state index in [1.807, 2.05) is 6.92 Å². The van der Waals surface area contributed by atoms with E-state index in [0.717, 1.165) is 19.5 Å². The van der Waals surface area contributed by atoms with Crippen LogP contribution in [0.25, 0.3) is 0 Å². The largest absolute Gasteiger partial charge is 0.507 e. The first kappa shape index (κ1) is 15.9. The lowest BCUT2D eigenvalue weighted by Crippen LogP contribution is -2.35. The molecule has 19 heavy (non-hydrogen) atoms. The molecule has 108 valence electrons. The van der Waals surface area contributed by atoms with Crippen molar-refractivity contribution in [2.75, 3.05) is 26.2 Å². The summed E-state index contributed by atoms with van der Waals surface area (Å²) in [4.78, 5) is 2.10. The van der Waals surface area contributed by atoms with Gasteiger partial charge in [-0.15, -0.1) is 0 Å².